The van der Waals surface area contributed by atoms with E-state index >= 15 is 8.78 Å². The predicted molar refractivity (Wildman–Crippen MR) is 168 cm³/mol. The van der Waals surface area contributed by atoms with E-state index in [1.807, 2.05) is 0 Å². The van der Waals surface area contributed by atoms with E-state index in [0.717, 1.165) is 11.0 Å². The smallest absolute Gasteiger partial charge is 0.258 e. The molecule has 4 amide bonds. The number of ether oxygens (including phenoxy) is 1. The fraction of sp³-hybridized carbons (Fsp3) is 0.273. The number of alkyl halides is 2. The van der Waals surface area contributed by atoms with E-state index in [1.54, 1.807) is 30.3 Å². The van der Waals surface area contributed by atoms with Crippen LogP contribution in [0.15, 0.2) is 58.6 Å². The minimum atomic E-state index is -2.72. The van der Waals surface area contributed by atoms with Crippen molar-refractivity contribution in [2.75, 3.05) is 16.9 Å². The van der Waals surface area contributed by atoms with Crippen LogP contribution >= 0.6 is 39.1 Å². The van der Waals surface area contributed by atoms with Gasteiger partial charge in [-0.15, -0.1) is 23.2 Å². The summed E-state index contributed by atoms with van der Waals surface area (Å²) in [4.78, 5) is 51.9. The van der Waals surface area contributed by atoms with E-state index in [0.29, 0.717) is 4.47 Å². The molecular formula is C33H20BrCl2F5N2O6. The molecule has 8 nitrogen and oxygen atoms in total. The van der Waals surface area contributed by atoms with Gasteiger partial charge in [-0.3, -0.25) is 24.1 Å². The van der Waals surface area contributed by atoms with Gasteiger partial charge in [-0.1, -0.05) is 33.6 Å². The van der Waals surface area contributed by atoms with Gasteiger partial charge in [0, 0.05) is 22.0 Å². The average molecular weight is 786 g/mol. The molecule has 3 aromatic rings. The van der Waals surface area contributed by atoms with E-state index in [9.17, 15) is 37.5 Å². The number of hydrogen-bond donors (Lipinski definition) is 1. The number of anilines is 2. The average Bonchev–Trinajstić information content (AvgIpc) is 3.41. The second-order valence-electron chi connectivity index (χ2n) is 12.1. The molecule has 1 N–H and O–H groups in total. The number of nitrogens with zero attached hydrogens (tertiary/aromatic N) is 2. The molecule has 3 aromatic carbocycles. The van der Waals surface area contributed by atoms with Crippen molar-refractivity contribution in [3.8, 4) is 11.5 Å². The maximum atomic E-state index is 15.2. The van der Waals surface area contributed by atoms with Crippen molar-refractivity contribution in [3.63, 3.8) is 0 Å². The molecule has 6 atom stereocenters. The minimum absolute atomic E-state index is 0.0310. The van der Waals surface area contributed by atoms with Gasteiger partial charge in [0.2, 0.25) is 17.6 Å². The molecule has 49 heavy (non-hydrogen) atoms. The van der Waals surface area contributed by atoms with Crippen LogP contribution < -0.4 is 14.5 Å². The fourth-order valence-electron chi connectivity index (χ4n) is 7.70. The minimum Gasteiger partial charge on any atom is -0.508 e. The highest BCUT2D eigenvalue weighted by atomic mass is 79.9. The zero-order valence-electron chi connectivity index (χ0n) is 24.7. The lowest BCUT2D eigenvalue weighted by molar-refractivity contribution is -0.125. The normalized spacial score (nSPS) is 29.2. The third-order valence-corrected chi connectivity index (χ3v) is 11.8. The van der Waals surface area contributed by atoms with Crippen LogP contribution in [0.1, 0.15) is 24.3 Å². The molecule has 2 aliphatic heterocycles. The molecule has 2 saturated heterocycles. The quantitative estimate of drug-likeness (QED) is 0.0797. The first-order valence-corrected chi connectivity index (χ1v) is 16.1. The number of phenolic OH excluding ortho intramolecular Hbond substituents is 1. The highest BCUT2D eigenvalue weighted by molar-refractivity contribution is 9.10. The van der Waals surface area contributed by atoms with Crippen LogP contribution in [-0.4, -0.2) is 45.6 Å². The van der Waals surface area contributed by atoms with Gasteiger partial charge in [-0.25, -0.2) is 26.9 Å². The first kappa shape index (κ1) is 33.5. The van der Waals surface area contributed by atoms with E-state index in [2.05, 4.69) is 15.9 Å². The molecule has 2 heterocycles. The van der Waals surface area contributed by atoms with Crippen LogP contribution in [0.25, 0.3) is 0 Å². The summed E-state index contributed by atoms with van der Waals surface area (Å²) < 4.78 is 79.4. The van der Waals surface area contributed by atoms with Gasteiger partial charge in [-0.2, -0.15) is 0 Å². The Hall–Kier alpha value is -4.01. The van der Waals surface area contributed by atoms with Gasteiger partial charge >= 0.3 is 0 Å². The summed E-state index contributed by atoms with van der Waals surface area (Å²) in [6, 6.07) is 10.00. The topological polar surface area (TPSA) is 104 Å². The number of methoxy groups -OCH3 is 1. The van der Waals surface area contributed by atoms with Gasteiger partial charge < -0.3 is 9.84 Å². The maximum absolute atomic E-state index is 15.2. The summed E-state index contributed by atoms with van der Waals surface area (Å²) >= 11 is 17.6. The van der Waals surface area contributed by atoms with Crippen molar-refractivity contribution in [1.82, 2.24) is 0 Å². The summed E-state index contributed by atoms with van der Waals surface area (Å²) in [6.07, 6.45) is 0.890. The molecule has 7 rings (SSSR count). The Morgan fingerprint density at radius 3 is 2.06 bits per heavy atom. The van der Waals surface area contributed by atoms with Gasteiger partial charge in [0.25, 0.3) is 11.8 Å². The SMILES string of the molecule is COc1cc(O)ccc1C1C2=CCC3C(=O)N(c4ccc(Br)cc4)C(=O)C3C2CC2(Cl)C(=O)N(c3c(F)c(F)c(F)c(F)c3F)C(=O)C12Cl. The maximum Gasteiger partial charge on any atom is 0.258 e. The summed E-state index contributed by atoms with van der Waals surface area (Å²) in [5.74, 6) is -21.9. The molecule has 16 heteroatoms. The Kier molecular flexibility index (Phi) is 7.69. The molecule has 254 valence electrons. The predicted octanol–water partition coefficient (Wildman–Crippen LogP) is 6.63. The number of allylic oxidation sites excluding steroid dienone is 2. The molecule has 6 unspecified atom stereocenters. The van der Waals surface area contributed by atoms with Crippen molar-refractivity contribution < 1.29 is 51.0 Å². The fourth-order valence-corrected chi connectivity index (χ4v) is 8.89. The summed E-state index contributed by atoms with van der Waals surface area (Å²) in [5.41, 5.74) is -1.33. The van der Waals surface area contributed by atoms with Crippen molar-refractivity contribution in [3.05, 3.63) is 93.2 Å². The lowest BCUT2D eigenvalue weighted by atomic mass is 9.56. The summed E-state index contributed by atoms with van der Waals surface area (Å²) in [7, 11) is 1.22. The van der Waals surface area contributed by atoms with Crippen LogP contribution in [0, 0.1) is 46.8 Å². The number of aromatic hydroxyl groups is 1. The number of phenols is 1. The Morgan fingerprint density at radius 2 is 1.45 bits per heavy atom. The van der Waals surface area contributed by atoms with Crippen LogP contribution in [0.4, 0.5) is 33.3 Å². The molecule has 0 bridgehead atoms. The molecule has 0 radical (unpaired) electrons. The summed E-state index contributed by atoms with van der Waals surface area (Å²) in [6.45, 7) is 0. The highest BCUT2D eigenvalue weighted by Gasteiger charge is 2.77. The molecular weight excluding hydrogens is 766 g/mol. The third-order valence-electron chi connectivity index (χ3n) is 9.83. The van der Waals surface area contributed by atoms with Crippen molar-refractivity contribution in [2.45, 2.75) is 28.5 Å². The Bertz CT molecular complexity index is 2040. The highest BCUT2D eigenvalue weighted by Crippen LogP contribution is 2.67. The van der Waals surface area contributed by atoms with E-state index in [4.69, 9.17) is 27.9 Å². The Labute approximate surface area is 292 Å². The standard InChI is InChI=1S/C33H20BrCl2F5N2O6/c1-49-19-10-14(44)6-7-16(19)21-15-8-9-17-20(29(46)42(28(17)45)13-4-2-12(34)3-5-13)18(15)11-32(35)30(47)43(31(48)33(21,32)36)27-25(40)23(38)22(37)24(39)26(27)41/h2-8,10,17-18,20-21,44H,9,11H2,1H3. The van der Waals surface area contributed by atoms with Gasteiger partial charge in [0.1, 0.15) is 17.2 Å². The van der Waals surface area contributed by atoms with E-state index in [1.165, 1.54) is 19.2 Å². The van der Waals surface area contributed by atoms with Crippen LogP contribution in [0.2, 0.25) is 0 Å². The number of imide groups is 2. The molecule has 0 spiro atoms. The van der Waals surface area contributed by atoms with Gasteiger partial charge in [0.15, 0.2) is 33.0 Å². The van der Waals surface area contributed by atoms with Crippen molar-refractivity contribution in [2.24, 2.45) is 17.8 Å². The number of rotatable bonds is 4. The van der Waals surface area contributed by atoms with Crippen molar-refractivity contribution in [1.29, 1.82) is 0 Å². The molecule has 4 aliphatic rings. The number of benzene rings is 3. The monoisotopic (exact) mass is 784 g/mol. The number of carbonyl (C=O) groups excluding carboxylic acids is 4. The summed E-state index contributed by atoms with van der Waals surface area (Å²) in [5, 5.41) is 10.2. The number of carbonyl (C=O) groups is 4. The largest absolute Gasteiger partial charge is 0.508 e. The van der Waals surface area contributed by atoms with E-state index < -0.39 is 98.2 Å². The lowest BCUT2D eigenvalue weighted by Crippen LogP contribution is -2.60. The first-order valence-electron chi connectivity index (χ1n) is 14.6. The lowest BCUT2D eigenvalue weighted by Gasteiger charge is -2.50. The van der Waals surface area contributed by atoms with E-state index in [-0.39, 0.29) is 39.6 Å². The van der Waals surface area contributed by atoms with Crippen molar-refractivity contribution >= 4 is 74.1 Å². The molecule has 2 aliphatic carbocycles. The van der Waals surface area contributed by atoms with Crippen LogP contribution in [-0.2, 0) is 19.2 Å². The Morgan fingerprint density at radius 1 is 0.837 bits per heavy atom. The van der Waals surface area contributed by atoms with Gasteiger partial charge in [0.05, 0.1) is 24.6 Å². The second-order valence-corrected chi connectivity index (χ2v) is 14.3. The number of halogens is 8. The molecule has 0 aromatic heterocycles. The molecule has 3 fully saturated rings. The number of hydrogen-bond acceptors (Lipinski definition) is 6. The number of amides is 4. The van der Waals surface area contributed by atoms with Gasteiger partial charge in [-0.05, 0) is 49.1 Å². The third kappa shape index (κ3) is 4.32. The van der Waals surface area contributed by atoms with Crippen LogP contribution in [0.5, 0.6) is 11.5 Å². The van der Waals surface area contributed by atoms with Crippen LogP contribution in [0.3, 0.4) is 0 Å². The second kappa shape index (κ2) is 11.3. The zero-order chi connectivity index (χ0) is 35.5. The molecule has 1 saturated carbocycles. The first-order chi connectivity index (χ1) is 23.1. The zero-order valence-corrected chi connectivity index (χ0v) is 27.8. The number of fused-ring (bicyclic) bond motifs is 4. The Balaban J connectivity index is 1.45.